The van der Waals surface area contributed by atoms with Gasteiger partial charge in [-0.15, -0.1) is 0 Å². The van der Waals surface area contributed by atoms with Crippen LogP contribution >= 0.6 is 0 Å². The van der Waals surface area contributed by atoms with Gasteiger partial charge in [0.05, 0.1) is 6.10 Å². The molecule has 1 heterocycles. The number of ether oxygens (including phenoxy) is 1. The summed E-state index contributed by atoms with van der Waals surface area (Å²) in [5, 5.41) is 7.11. The molecule has 0 aromatic rings. The van der Waals surface area contributed by atoms with Gasteiger partial charge in [-0.25, -0.2) is 0 Å². The normalized spacial score (nSPS) is 29.8. The Kier molecular flexibility index (Phi) is 4.42. The lowest BCUT2D eigenvalue weighted by molar-refractivity contribution is 0.0808. The highest BCUT2D eigenvalue weighted by Gasteiger charge is 2.31. The van der Waals surface area contributed by atoms with Gasteiger partial charge in [0.25, 0.3) is 0 Å². The SMILES string of the molecule is COC(CNC1CCCNCC1)C1CC1. The van der Waals surface area contributed by atoms with Gasteiger partial charge < -0.3 is 15.4 Å². The number of hydrogen-bond acceptors (Lipinski definition) is 3. The third kappa shape index (κ3) is 3.74. The summed E-state index contributed by atoms with van der Waals surface area (Å²) in [6.45, 7) is 3.40. The van der Waals surface area contributed by atoms with Gasteiger partial charge >= 0.3 is 0 Å². The molecule has 2 unspecified atom stereocenters. The molecule has 3 nitrogen and oxygen atoms in total. The van der Waals surface area contributed by atoms with Crippen LogP contribution in [0.25, 0.3) is 0 Å². The average molecular weight is 212 g/mol. The first kappa shape index (κ1) is 11.4. The minimum Gasteiger partial charge on any atom is -0.380 e. The van der Waals surface area contributed by atoms with E-state index in [1.807, 2.05) is 7.11 Å². The summed E-state index contributed by atoms with van der Waals surface area (Å²) < 4.78 is 5.52. The highest BCUT2D eigenvalue weighted by Crippen LogP contribution is 2.33. The molecule has 3 heteroatoms. The first-order chi connectivity index (χ1) is 7.40. The van der Waals surface area contributed by atoms with Crippen molar-refractivity contribution in [1.82, 2.24) is 10.6 Å². The molecule has 1 aliphatic carbocycles. The molecule has 0 bridgehead atoms. The molecule has 2 fully saturated rings. The summed E-state index contributed by atoms with van der Waals surface area (Å²) in [5.74, 6) is 0.839. The van der Waals surface area contributed by atoms with Crippen LogP contribution in [-0.2, 0) is 4.74 Å². The highest BCUT2D eigenvalue weighted by atomic mass is 16.5. The molecule has 2 atom stereocenters. The van der Waals surface area contributed by atoms with Crippen molar-refractivity contribution in [3.63, 3.8) is 0 Å². The van der Waals surface area contributed by atoms with Crippen LogP contribution in [0.4, 0.5) is 0 Å². The van der Waals surface area contributed by atoms with E-state index in [1.165, 1.54) is 45.2 Å². The number of hydrogen-bond donors (Lipinski definition) is 2. The van der Waals surface area contributed by atoms with Gasteiger partial charge in [0.15, 0.2) is 0 Å². The standard InChI is InChI=1S/C12H24N2O/c1-15-12(10-4-5-10)9-14-11-3-2-7-13-8-6-11/h10-14H,2-9H2,1H3. The second-order valence-electron chi connectivity index (χ2n) is 4.90. The lowest BCUT2D eigenvalue weighted by Gasteiger charge is -2.20. The van der Waals surface area contributed by atoms with Crippen molar-refractivity contribution in [1.29, 1.82) is 0 Å². The van der Waals surface area contributed by atoms with Gasteiger partial charge in [-0.05, 0) is 51.1 Å². The third-order valence-electron chi connectivity index (χ3n) is 3.63. The molecule has 88 valence electrons. The monoisotopic (exact) mass is 212 g/mol. The summed E-state index contributed by atoms with van der Waals surface area (Å²) in [5.41, 5.74) is 0. The van der Waals surface area contributed by atoms with Gasteiger partial charge in [-0.3, -0.25) is 0 Å². The molecule has 0 aromatic heterocycles. The lowest BCUT2D eigenvalue weighted by atomic mass is 10.1. The third-order valence-corrected chi connectivity index (χ3v) is 3.63. The second-order valence-corrected chi connectivity index (χ2v) is 4.90. The van der Waals surface area contributed by atoms with Crippen LogP contribution in [-0.4, -0.2) is 38.9 Å². The maximum Gasteiger partial charge on any atom is 0.0723 e. The van der Waals surface area contributed by atoms with E-state index in [-0.39, 0.29) is 0 Å². The van der Waals surface area contributed by atoms with Crippen LogP contribution in [0.15, 0.2) is 0 Å². The molecule has 2 aliphatic rings. The van der Waals surface area contributed by atoms with Crippen LogP contribution in [0.1, 0.15) is 32.1 Å². The molecule has 15 heavy (non-hydrogen) atoms. The van der Waals surface area contributed by atoms with E-state index in [2.05, 4.69) is 10.6 Å². The first-order valence-electron chi connectivity index (χ1n) is 6.37. The van der Waals surface area contributed by atoms with E-state index in [0.717, 1.165) is 12.5 Å². The smallest absolute Gasteiger partial charge is 0.0723 e. The Morgan fingerprint density at radius 3 is 2.87 bits per heavy atom. The van der Waals surface area contributed by atoms with Crippen molar-refractivity contribution in [2.75, 3.05) is 26.7 Å². The highest BCUT2D eigenvalue weighted by molar-refractivity contribution is 4.84. The Morgan fingerprint density at radius 2 is 2.13 bits per heavy atom. The van der Waals surface area contributed by atoms with Crippen LogP contribution in [0, 0.1) is 5.92 Å². The van der Waals surface area contributed by atoms with Crippen LogP contribution in [0.5, 0.6) is 0 Å². The molecule has 1 saturated carbocycles. The van der Waals surface area contributed by atoms with Crippen molar-refractivity contribution >= 4 is 0 Å². The van der Waals surface area contributed by atoms with E-state index in [0.29, 0.717) is 12.1 Å². The summed E-state index contributed by atoms with van der Waals surface area (Å²) >= 11 is 0. The predicted molar refractivity (Wildman–Crippen MR) is 62.0 cm³/mol. The average Bonchev–Trinajstić information content (AvgIpc) is 3.05. The Balaban J connectivity index is 1.66. The molecular weight excluding hydrogens is 188 g/mol. The molecule has 0 radical (unpaired) electrons. The zero-order valence-electron chi connectivity index (χ0n) is 9.80. The minimum absolute atomic E-state index is 0.459. The lowest BCUT2D eigenvalue weighted by Crippen LogP contribution is -2.37. The van der Waals surface area contributed by atoms with Crippen LogP contribution in [0.3, 0.4) is 0 Å². The maximum absolute atomic E-state index is 5.52. The summed E-state index contributed by atoms with van der Waals surface area (Å²) in [6, 6.07) is 0.705. The summed E-state index contributed by atoms with van der Waals surface area (Å²) in [4.78, 5) is 0. The maximum atomic E-state index is 5.52. The van der Waals surface area contributed by atoms with Gasteiger partial charge in [0.2, 0.25) is 0 Å². The van der Waals surface area contributed by atoms with E-state index < -0.39 is 0 Å². The van der Waals surface area contributed by atoms with Crippen molar-refractivity contribution in [2.24, 2.45) is 5.92 Å². The molecular formula is C12H24N2O. The van der Waals surface area contributed by atoms with E-state index in [4.69, 9.17) is 4.74 Å². The quantitative estimate of drug-likeness (QED) is 0.717. The fourth-order valence-corrected chi connectivity index (χ4v) is 2.42. The number of methoxy groups -OCH3 is 1. The molecule has 0 spiro atoms. The van der Waals surface area contributed by atoms with E-state index in [9.17, 15) is 0 Å². The van der Waals surface area contributed by atoms with Crippen molar-refractivity contribution in [3.8, 4) is 0 Å². The Labute approximate surface area is 93.0 Å². The Bertz CT molecular complexity index is 174. The Hall–Kier alpha value is -0.120. The molecule has 1 saturated heterocycles. The fourth-order valence-electron chi connectivity index (χ4n) is 2.42. The van der Waals surface area contributed by atoms with E-state index in [1.54, 1.807) is 0 Å². The largest absolute Gasteiger partial charge is 0.380 e. The van der Waals surface area contributed by atoms with Crippen LogP contribution < -0.4 is 10.6 Å². The van der Waals surface area contributed by atoms with Crippen molar-refractivity contribution in [3.05, 3.63) is 0 Å². The summed E-state index contributed by atoms with van der Waals surface area (Å²) in [7, 11) is 1.85. The molecule has 2 N–H and O–H groups in total. The molecule has 0 aromatic carbocycles. The fraction of sp³-hybridized carbons (Fsp3) is 1.00. The topological polar surface area (TPSA) is 33.3 Å². The predicted octanol–water partition coefficient (Wildman–Crippen LogP) is 1.14. The van der Waals surface area contributed by atoms with Crippen molar-refractivity contribution < 1.29 is 4.74 Å². The zero-order chi connectivity index (χ0) is 10.5. The van der Waals surface area contributed by atoms with Crippen LogP contribution in [0.2, 0.25) is 0 Å². The van der Waals surface area contributed by atoms with Gasteiger partial charge in [-0.1, -0.05) is 0 Å². The number of rotatable bonds is 5. The van der Waals surface area contributed by atoms with Crippen molar-refractivity contribution in [2.45, 2.75) is 44.2 Å². The Morgan fingerprint density at radius 1 is 1.27 bits per heavy atom. The molecule has 1 aliphatic heterocycles. The van der Waals surface area contributed by atoms with E-state index >= 15 is 0 Å². The first-order valence-corrected chi connectivity index (χ1v) is 6.37. The summed E-state index contributed by atoms with van der Waals surface area (Å²) in [6.07, 6.45) is 7.08. The number of nitrogens with one attached hydrogen (secondary N) is 2. The molecule has 2 rings (SSSR count). The molecule has 0 amide bonds. The second kappa shape index (κ2) is 5.83. The van der Waals surface area contributed by atoms with Gasteiger partial charge in [-0.2, -0.15) is 0 Å². The van der Waals surface area contributed by atoms with Gasteiger partial charge in [0.1, 0.15) is 0 Å². The zero-order valence-corrected chi connectivity index (χ0v) is 9.80. The minimum atomic E-state index is 0.459. The van der Waals surface area contributed by atoms with Gasteiger partial charge in [0, 0.05) is 19.7 Å².